The quantitative estimate of drug-likeness (QED) is 0.663. The zero-order valence-electron chi connectivity index (χ0n) is 10.8. The highest BCUT2D eigenvalue weighted by Crippen LogP contribution is 2.08. The van der Waals surface area contributed by atoms with Gasteiger partial charge in [-0.15, -0.1) is 0 Å². The Bertz CT molecular complexity index is 471. The van der Waals surface area contributed by atoms with Gasteiger partial charge in [-0.2, -0.15) is 0 Å². The minimum absolute atomic E-state index is 0.0358. The van der Waals surface area contributed by atoms with Crippen molar-refractivity contribution in [2.75, 3.05) is 0 Å². The normalized spacial score (nSPS) is 8.56. The first-order valence-electron chi connectivity index (χ1n) is 5.84. The molecule has 0 aliphatic rings. The van der Waals surface area contributed by atoms with Crippen LogP contribution in [0.4, 0.5) is 0 Å². The Hall–Kier alpha value is -1.57. The maximum absolute atomic E-state index is 11.2. The Morgan fingerprint density at radius 3 is 2.06 bits per heavy atom. The van der Waals surface area contributed by atoms with Crippen molar-refractivity contribution >= 4 is 10.9 Å². The van der Waals surface area contributed by atoms with Crippen molar-refractivity contribution in [1.82, 2.24) is 4.57 Å². The number of fused-ring (bicyclic) bond motifs is 1. The lowest BCUT2D eigenvalue weighted by molar-refractivity contribution is 0.906. The highest BCUT2D eigenvalue weighted by atomic mass is 16.1. The topological polar surface area (TPSA) is 22.0 Å². The van der Waals surface area contributed by atoms with Gasteiger partial charge < -0.3 is 4.57 Å². The molecule has 88 valence electrons. The van der Waals surface area contributed by atoms with Gasteiger partial charge in [-0.05, 0) is 17.5 Å². The van der Waals surface area contributed by atoms with Gasteiger partial charge >= 0.3 is 0 Å². The van der Waals surface area contributed by atoms with E-state index in [1.165, 1.54) is 0 Å². The Morgan fingerprint density at radius 1 is 0.875 bits per heavy atom. The molecule has 0 N–H and O–H groups in total. The van der Waals surface area contributed by atoms with Crippen molar-refractivity contribution in [3.05, 3.63) is 46.8 Å². The number of nitrogens with zero attached hydrogens (tertiary/aromatic N) is 1. The summed E-state index contributed by atoms with van der Waals surface area (Å²) in [7, 11) is 1.78. The number of hydrogen-bond donors (Lipinski definition) is 0. The Labute approximate surface area is 97.5 Å². The van der Waals surface area contributed by atoms with Crippen LogP contribution < -0.4 is 5.56 Å². The molecule has 0 aliphatic carbocycles. The Balaban J connectivity index is 0.000000509. The Morgan fingerprint density at radius 2 is 1.44 bits per heavy atom. The van der Waals surface area contributed by atoms with E-state index in [0.29, 0.717) is 0 Å². The van der Waals surface area contributed by atoms with Crippen LogP contribution in [0.2, 0.25) is 0 Å². The smallest absolute Gasteiger partial charge is 0.250 e. The third kappa shape index (κ3) is 3.23. The summed E-state index contributed by atoms with van der Waals surface area (Å²) in [5.41, 5.74) is 1.01. The highest BCUT2D eigenvalue weighted by molar-refractivity contribution is 5.78. The summed E-state index contributed by atoms with van der Waals surface area (Å²) in [5.74, 6) is 0. The van der Waals surface area contributed by atoms with Crippen molar-refractivity contribution in [2.45, 2.75) is 27.7 Å². The molecule has 2 rings (SSSR count). The molecule has 0 saturated carbocycles. The highest BCUT2D eigenvalue weighted by Gasteiger charge is 1.95. The lowest BCUT2D eigenvalue weighted by Gasteiger charge is -2.01. The largest absolute Gasteiger partial charge is 0.311 e. The Kier molecular flexibility index (Phi) is 6.93. The van der Waals surface area contributed by atoms with Crippen LogP contribution >= 0.6 is 0 Å². The molecule has 0 unspecified atom stereocenters. The minimum atomic E-state index is 0.0358. The van der Waals surface area contributed by atoms with E-state index < -0.39 is 0 Å². The van der Waals surface area contributed by atoms with Crippen LogP contribution in [-0.2, 0) is 7.05 Å². The molecule has 1 aromatic carbocycles. The summed E-state index contributed by atoms with van der Waals surface area (Å²) >= 11 is 0. The number of hydrogen-bond acceptors (Lipinski definition) is 1. The monoisotopic (exact) mass is 219 g/mol. The van der Waals surface area contributed by atoms with Gasteiger partial charge in [0, 0.05) is 13.1 Å². The van der Waals surface area contributed by atoms with Crippen molar-refractivity contribution < 1.29 is 0 Å². The molecule has 0 atom stereocenters. The number of pyridine rings is 1. The van der Waals surface area contributed by atoms with E-state index in [9.17, 15) is 4.79 Å². The van der Waals surface area contributed by atoms with E-state index in [1.807, 2.05) is 58.0 Å². The SMILES string of the molecule is CC.CC.Cn1c(=O)ccc2ccccc21. The lowest BCUT2D eigenvalue weighted by Crippen LogP contribution is -2.14. The van der Waals surface area contributed by atoms with Crippen LogP contribution in [0.3, 0.4) is 0 Å². The number of para-hydroxylation sites is 1. The maximum atomic E-state index is 11.2. The molecule has 1 aromatic heterocycles. The first kappa shape index (κ1) is 14.4. The van der Waals surface area contributed by atoms with Crippen LogP contribution in [-0.4, -0.2) is 4.57 Å². The first-order chi connectivity index (χ1) is 7.79. The van der Waals surface area contributed by atoms with Crippen LogP contribution in [0.5, 0.6) is 0 Å². The van der Waals surface area contributed by atoms with Crippen molar-refractivity contribution in [3.8, 4) is 0 Å². The van der Waals surface area contributed by atoms with Gasteiger partial charge in [0.15, 0.2) is 0 Å². The van der Waals surface area contributed by atoms with E-state index in [2.05, 4.69) is 0 Å². The zero-order valence-corrected chi connectivity index (χ0v) is 10.8. The predicted octanol–water partition coefficient (Wildman–Crippen LogP) is 3.59. The molecule has 0 saturated heterocycles. The van der Waals surface area contributed by atoms with Gasteiger partial charge in [-0.25, -0.2) is 0 Å². The molecular formula is C14H21NO. The number of aryl methyl sites for hydroxylation is 1. The molecule has 0 bridgehead atoms. The van der Waals surface area contributed by atoms with Crippen LogP contribution in [0.25, 0.3) is 10.9 Å². The molecule has 0 aliphatic heterocycles. The van der Waals surface area contributed by atoms with Crippen molar-refractivity contribution in [1.29, 1.82) is 0 Å². The van der Waals surface area contributed by atoms with Crippen LogP contribution in [0.1, 0.15) is 27.7 Å². The van der Waals surface area contributed by atoms with Gasteiger partial charge in [0.05, 0.1) is 5.52 Å². The molecule has 0 amide bonds. The van der Waals surface area contributed by atoms with E-state index in [-0.39, 0.29) is 5.56 Å². The van der Waals surface area contributed by atoms with Gasteiger partial charge in [-0.3, -0.25) is 4.79 Å². The summed E-state index contributed by atoms with van der Waals surface area (Å²) in [6, 6.07) is 11.3. The molecule has 0 radical (unpaired) electrons. The van der Waals surface area contributed by atoms with E-state index >= 15 is 0 Å². The number of aromatic nitrogens is 1. The second-order valence-corrected chi connectivity index (χ2v) is 2.79. The van der Waals surface area contributed by atoms with Gasteiger partial charge in [0.1, 0.15) is 0 Å². The number of benzene rings is 1. The fourth-order valence-corrected chi connectivity index (χ4v) is 1.33. The lowest BCUT2D eigenvalue weighted by atomic mass is 10.2. The van der Waals surface area contributed by atoms with E-state index in [4.69, 9.17) is 0 Å². The number of rotatable bonds is 0. The van der Waals surface area contributed by atoms with E-state index in [0.717, 1.165) is 10.9 Å². The minimum Gasteiger partial charge on any atom is -0.311 e. The predicted molar refractivity (Wildman–Crippen MR) is 71.9 cm³/mol. The molecule has 2 heteroatoms. The standard InChI is InChI=1S/C10H9NO.2C2H6/c1-11-9-5-3-2-4-8(9)6-7-10(11)12;2*1-2/h2-7H,1H3;2*1-2H3. The summed E-state index contributed by atoms with van der Waals surface area (Å²) in [4.78, 5) is 11.2. The molecule has 2 nitrogen and oxygen atoms in total. The molecular weight excluding hydrogens is 198 g/mol. The first-order valence-corrected chi connectivity index (χ1v) is 5.84. The third-order valence-corrected chi connectivity index (χ3v) is 2.03. The van der Waals surface area contributed by atoms with Crippen molar-refractivity contribution in [2.24, 2.45) is 7.05 Å². The van der Waals surface area contributed by atoms with Gasteiger partial charge in [0.2, 0.25) is 0 Å². The third-order valence-electron chi connectivity index (χ3n) is 2.03. The second-order valence-electron chi connectivity index (χ2n) is 2.79. The second kappa shape index (κ2) is 7.69. The summed E-state index contributed by atoms with van der Waals surface area (Å²) < 4.78 is 1.65. The zero-order chi connectivity index (χ0) is 12.6. The molecule has 0 fully saturated rings. The summed E-state index contributed by atoms with van der Waals surface area (Å²) in [6.45, 7) is 8.00. The fraction of sp³-hybridized carbons (Fsp3) is 0.357. The van der Waals surface area contributed by atoms with Gasteiger partial charge in [-0.1, -0.05) is 45.9 Å². The summed E-state index contributed by atoms with van der Waals surface area (Å²) in [5, 5.41) is 1.10. The van der Waals surface area contributed by atoms with Crippen LogP contribution in [0, 0.1) is 0 Å². The summed E-state index contributed by atoms with van der Waals surface area (Å²) in [6.07, 6.45) is 0. The fourth-order valence-electron chi connectivity index (χ4n) is 1.33. The van der Waals surface area contributed by atoms with Gasteiger partial charge in [0.25, 0.3) is 5.56 Å². The van der Waals surface area contributed by atoms with Crippen molar-refractivity contribution in [3.63, 3.8) is 0 Å². The average Bonchev–Trinajstić information content (AvgIpc) is 2.39. The average molecular weight is 219 g/mol. The van der Waals surface area contributed by atoms with E-state index in [1.54, 1.807) is 17.7 Å². The molecule has 1 heterocycles. The molecule has 16 heavy (non-hydrogen) atoms. The molecule has 2 aromatic rings. The van der Waals surface area contributed by atoms with Crippen LogP contribution in [0.15, 0.2) is 41.2 Å². The maximum Gasteiger partial charge on any atom is 0.250 e. The molecule has 0 spiro atoms.